The maximum absolute atomic E-state index is 11.8. The molecule has 0 atom stereocenters. The number of ether oxygens (including phenoxy) is 1. The van der Waals surface area contributed by atoms with Crippen molar-refractivity contribution in [3.05, 3.63) is 29.8 Å². The second-order valence-corrected chi connectivity index (χ2v) is 7.20. The number of carboxylic acid groups (broad SMARTS) is 1. The number of carboxylic acids is 1. The number of benzene rings is 1. The maximum atomic E-state index is 11.8. The Labute approximate surface area is 134 Å². The van der Waals surface area contributed by atoms with Gasteiger partial charge in [0.05, 0.1) is 12.3 Å². The van der Waals surface area contributed by atoms with E-state index in [9.17, 15) is 18.0 Å². The first-order chi connectivity index (χ1) is 10.9. The Hall–Kier alpha value is -2.13. The molecule has 1 fully saturated rings. The summed E-state index contributed by atoms with van der Waals surface area (Å²) in [5.41, 5.74) is 0.727. The third-order valence-corrected chi connectivity index (χ3v) is 5.18. The van der Waals surface area contributed by atoms with E-state index < -0.39 is 22.6 Å². The van der Waals surface area contributed by atoms with Crippen LogP contribution in [0.2, 0.25) is 0 Å². The van der Waals surface area contributed by atoms with Crippen LogP contribution in [0.15, 0.2) is 24.3 Å². The van der Waals surface area contributed by atoms with Crippen LogP contribution in [0.1, 0.15) is 12.0 Å². The molecule has 0 radical (unpaired) electrons. The Balaban J connectivity index is 1.84. The van der Waals surface area contributed by atoms with Crippen molar-refractivity contribution in [3.63, 3.8) is 0 Å². The standard InChI is InChI=1S/C14H18N2O6S/c17-13(9-16-5-2-6-23(16,20)21)15-8-11-3-1-4-12(7-11)22-10-14(18)19/h1,3-4,7H,2,5-6,8-10H2,(H,15,17)(H,18,19). The van der Waals surface area contributed by atoms with E-state index in [-0.39, 0.29) is 24.7 Å². The van der Waals surface area contributed by atoms with Gasteiger partial charge in [0.2, 0.25) is 15.9 Å². The van der Waals surface area contributed by atoms with Gasteiger partial charge in [0.15, 0.2) is 6.61 Å². The van der Waals surface area contributed by atoms with Gasteiger partial charge in [0.25, 0.3) is 0 Å². The number of hydrogen-bond donors (Lipinski definition) is 2. The minimum absolute atomic E-state index is 0.0865. The number of rotatable bonds is 7. The zero-order valence-corrected chi connectivity index (χ0v) is 13.2. The van der Waals surface area contributed by atoms with Gasteiger partial charge in [-0.05, 0) is 24.1 Å². The average molecular weight is 342 g/mol. The summed E-state index contributed by atoms with van der Waals surface area (Å²) in [6, 6.07) is 6.67. The first-order valence-corrected chi connectivity index (χ1v) is 8.66. The van der Waals surface area contributed by atoms with Gasteiger partial charge in [-0.25, -0.2) is 13.2 Å². The van der Waals surface area contributed by atoms with E-state index in [0.29, 0.717) is 18.7 Å². The monoisotopic (exact) mass is 342 g/mol. The van der Waals surface area contributed by atoms with Crippen molar-refractivity contribution in [2.45, 2.75) is 13.0 Å². The van der Waals surface area contributed by atoms with Crippen LogP contribution < -0.4 is 10.1 Å². The maximum Gasteiger partial charge on any atom is 0.341 e. The number of hydrogen-bond acceptors (Lipinski definition) is 5. The number of nitrogens with zero attached hydrogens (tertiary/aromatic N) is 1. The van der Waals surface area contributed by atoms with Crippen molar-refractivity contribution in [1.82, 2.24) is 9.62 Å². The second-order valence-electron chi connectivity index (χ2n) is 5.11. The molecule has 23 heavy (non-hydrogen) atoms. The molecule has 0 bridgehead atoms. The van der Waals surface area contributed by atoms with Crippen molar-refractivity contribution in [1.29, 1.82) is 0 Å². The van der Waals surface area contributed by atoms with Crippen LogP contribution >= 0.6 is 0 Å². The number of nitrogens with one attached hydrogen (secondary N) is 1. The normalized spacial score (nSPS) is 16.9. The molecule has 0 aromatic heterocycles. The molecular formula is C14H18N2O6S. The highest BCUT2D eigenvalue weighted by Gasteiger charge is 2.29. The van der Waals surface area contributed by atoms with Crippen LogP contribution in [-0.2, 0) is 26.2 Å². The third-order valence-electron chi connectivity index (χ3n) is 3.27. The fraction of sp³-hybridized carbons (Fsp3) is 0.429. The van der Waals surface area contributed by atoms with E-state index in [1.165, 1.54) is 4.31 Å². The van der Waals surface area contributed by atoms with E-state index in [1.54, 1.807) is 24.3 Å². The molecule has 1 aromatic carbocycles. The van der Waals surface area contributed by atoms with Crippen LogP contribution in [0.25, 0.3) is 0 Å². The fourth-order valence-electron chi connectivity index (χ4n) is 2.18. The van der Waals surface area contributed by atoms with Gasteiger partial charge < -0.3 is 15.2 Å². The van der Waals surface area contributed by atoms with Crippen LogP contribution in [0.5, 0.6) is 5.75 Å². The van der Waals surface area contributed by atoms with Crippen LogP contribution in [0, 0.1) is 0 Å². The molecule has 126 valence electrons. The predicted molar refractivity (Wildman–Crippen MR) is 81.4 cm³/mol. The van der Waals surface area contributed by atoms with Gasteiger partial charge >= 0.3 is 5.97 Å². The highest BCUT2D eigenvalue weighted by Crippen LogP contribution is 2.14. The van der Waals surface area contributed by atoms with Crippen LogP contribution in [-0.4, -0.2) is 55.2 Å². The summed E-state index contributed by atoms with van der Waals surface area (Å²) >= 11 is 0. The predicted octanol–water partition coefficient (Wildman–Crippen LogP) is -0.198. The molecular weight excluding hydrogens is 324 g/mol. The van der Waals surface area contributed by atoms with Crippen LogP contribution in [0.4, 0.5) is 0 Å². The molecule has 0 aliphatic carbocycles. The van der Waals surface area contributed by atoms with Crippen molar-refractivity contribution in [3.8, 4) is 5.75 Å². The molecule has 0 unspecified atom stereocenters. The molecule has 1 amide bonds. The molecule has 1 heterocycles. The van der Waals surface area contributed by atoms with Gasteiger partial charge in [0.1, 0.15) is 5.75 Å². The summed E-state index contributed by atoms with van der Waals surface area (Å²) in [5, 5.41) is 11.2. The van der Waals surface area contributed by atoms with E-state index >= 15 is 0 Å². The molecule has 2 N–H and O–H groups in total. The van der Waals surface area contributed by atoms with Crippen molar-refractivity contribution < 1.29 is 27.9 Å². The highest BCUT2D eigenvalue weighted by atomic mass is 32.2. The Morgan fingerprint density at radius 2 is 2.13 bits per heavy atom. The van der Waals surface area contributed by atoms with E-state index in [2.05, 4.69) is 5.32 Å². The smallest absolute Gasteiger partial charge is 0.341 e. The molecule has 1 aliphatic heterocycles. The Morgan fingerprint density at radius 3 is 2.78 bits per heavy atom. The van der Waals surface area contributed by atoms with Gasteiger partial charge in [-0.1, -0.05) is 12.1 Å². The summed E-state index contributed by atoms with van der Waals surface area (Å²) in [6.07, 6.45) is 0.540. The lowest BCUT2D eigenvalue weighted by molar-refractivity contribution is -0.139. The second kappa shape index (κ2) is 7.42. The Bertz CT molecular complexity index is 688. The van der Waals surface area contributed by atoms with E-state index in [4.69, 9.17) is 9.84 Å². The third kappa shape index (κ3) is 5.22. The summed E-state index contributed by atoms with van der Waals surface area (Å²) in [7, 11) is -3.29. The molecule has 0 spiro atoms. The van der Waals surface area contributed by atoms with Crippen LogP contribution in [0.3, 0.4) is 0 Å². The molecule has 1 saturated heterocycles. The zero-order valence-electron chi connectivity index (χ0n) is 12.4. The number of amides is 1. The largest absolute Gasteiger partial charge is 0.482 e. The molecule has 9 heteroatoms. The molecule has 8 nitrogen and oxygen atoms in total. The first kappa shape index (κ1) is 17.2. The Kier molecular flexibility index (Phi) is 5.56. The zero-order chi connectivity index (χ0) is 16.9. The molecule has 0 saturated carbocycles. The summed E-state index contributed by atoms with van der Waals surface area (Å²) in [5.74, 6) is -0.979. The lowest BCUT2D eigenvalue weighted by Gasteiger charge is -2.14. The summed E-state index contributed by atoms with van der Waals surface area (Å²) in [6.45, 7) is -0.0502. The lowest BCUT2D eigenvalue weighted by Crippen LogP contribution is -2.37. The molecule has 2 rings (SSSR count). The lowest BCUT2D eigenvalue weighted by atomic mass is 10.2. The number of carbonyl (C=O) groups excluding carboxylic acids is 1. The summed E-state index contributed by atoms with van der Waals surface area (Å²) in [4.78, 5) is 22.3. The number of carbonyl (C=O) groups is 2. The summed E-state index contributed by atoms with van der Waals surface area (Å²) < 4.78 is 29.5. The van der Waals surface area contributed by atoms with Gasteiger partial charge in [0, 0.05) is 13.1 Å². The van der Waals surface area contributed by atoms with E-state index in [0.717, 1.165) is 5.56 Å². The minimum Gasteiger partial charge on any atom is -0.482 e. The van der Waals surface area contributed by atoms with Crippen molar-refractivity contribution >= 4 is 21.9 Å². The average Bonchev–Trinajstić information content (AvgIpc) is 2.82. The SMILES string of the molecule is O=C(O)COc1cccc(CNC(=O)CN2CCCS2(=O)=O)c1. The van der Waals surface area contributed by atoms with Crippen molar-refractivity contribution in [2.24, 2.45) is 0 Å². The van der Waals surface area contributed by atoms with E-state index in [1.807, 2.05) is 0 Å². The van der Waals surface area contributed by atoms with Crippen molar-refractivity contribution in [2.75, 3.05) is 25.4 Å². The van der Waals surface area contributed by atoms with Gasteiger partial charge in [-0.3, -0.25) is 4.79 Å². The minimum atomic E-state index is -3.29. The molecule has 1 aromatic rings. The fourth-order valence-corrected chi connectivity index (χ4v) is 3.65. The first-order valence-electron chi connectivity index (χ1n) is 7.05. The molecule has 1 aliphatic rings. The quantitative estimate of drug-likeness (QED) is 0.710. The van der Waals surface area contributed by atoms with Gasteiger partial charge in [-0.15, -0.1) is 0 Å². The number of sulfonamides is 1. The van der Waals surface area contributed by atoms with Gasteiger partial charge in [-0.2, -0.15) is 4.31 Å². The highest BCUT2D eigenvalue weighted by molar-refractivity contribution is 7.89. The topological polar surface area (TPSA) is 113 Å². The Morgan fingerprint density at radius 1 is 1.35 bits per heavy atom. The number of aliphatic carboxylic acids is 1.